The number of aromatic amines is 1. The average molecular weight is 308 g/mol. The third-order valence-corrected chi connectivity index (χ3v) is 4.11. The summed E-state index contributed by atoms with van der Waals surface area (Å²) >= 11 is 0. The van der Waals surface area contributed by atoms with E-state index >= 15 is 0 Å². The number of H-pyrrole nitrogens is 1. The van der Waals surface area contributed by atoms with Crippen molar-refractivity contribution in [1.29, 1.82) is 0 Å². The fourth-order valence-electron chi connectivity index (χ4n) is 2.94. The molecule has 2 rings (SSSR count). The average Bonchev–Trinajstić information content (AvgIpc) is 2.79. The van der Waals surface area contributed by atoms with Gasteiger partial charge in [-0.25, -0.2) is 4.79 Å². The van der Waals surface area contributed by atoms with Crippen LogP contribution in [0.3, 0.4) is 0 Å². The van der Waals surface area contributed by atoms with E-state index in [-0.39, 0.29) is 18.1 Å². The molecule has 122 valence electrons. The second kappa shape index (κ2) is 6.96. The Bertz CT molecular complexity index is 565. The topological polar surface area (TPSA) is 80.4 Å². The molecule has 2 heterocycles. The van der Waals surface area contributed by atoms with Crippen molar-refractivity contribution in [3.63, 3.8) is 0 Å². The molecule has 1 saturated heterocycles. The second-order valence-electron chi connectivity index (χ2n) is 5.83. The van der Waals surface area contributed by atoms with Crippen LogP contribution in [0.4, 0.5) is 0 Å². The Morgan fingerprint density at radius 2 is 2.09 bits per heavy atom. The van der Waals surface area contributed by atoms with Crippen molar-refractivity contribution in [3.8, 4) is 0 Å². The molecular weight excluding hydrogens is 284 g/mol. The minimum Gasteiger partial charge on any atom is -0.464 e. The molecule has 0 spiro atoms. The van der Waals surface area contributed by atoms with Crippen LogP contribution in [0.1, 0.15) is 58.3 Å². The predicted molar refractivity (Wildman–Crippen MR) is 82.1 cm³/mol. The van der Waals surface area contributed by atoms with Gasteiger partial charge in [0, 0.05) is 12.2 Å². The van der Waals surface area contributed by atoms with E-state index in [0.29, 0.717) is 29.1 Å². The Kier molecular flexibility index (Phi) is 5.24. The minimum atomic E-state index is -0.468. The number of aryl methyl sites for hydroxylation is 1. The lowest BCUT2D eigenvalue weighted by atomic mass is 10.0. The van der Waals surface area contributed by atoms with E-state index in [0.717, 1.165) is 19.3 Å². The molecule has 1 aromatic rings. The number of nitrogens with one attached hydrogen (secondary N) is 2. The molecule has 1 amide bonds. The van der Waals surface area contributed by atoms with Gasteiger partial charge in [-0.3, -0.25) is 4.79 Å². The third kappa shape index (κ3) is 3.50. The molecular formula is C16H24N2O4. The predicted octanol–water partition coefficient (Wildman–Crippen LogP) is 2.11. The van der Waals surface area contributed by atoms with Crippen molar-refractivity contribution < 1.29 is 19.1 Å². The number of amides is 1. The van der Waals surface area contributed by atoms with Gasteiger partial charge in [-0.15, -0.1) is 0 Å². The maximum atomic E-state index is 12.4. The summed E-state index contributed by atoms with van der Waals surface area (Å²) in [6.07, 6.45) is 3.47. The Labute approximate surface area is 130 Å². The van der Waals surface area contributed by atoms with Crippen LogP contribution in [0.25, 0.3) is 0 Å². The van der Waals surface area contributed by atoms with E-state index in [2.05, 4.69) is 17.2 Å². The highest BCUT2D eigenvalue weighted by Gasteiger charge is 2.24. The molecule has 6 heteroatoms. The van der Waals surface area contributed by atoms with Gasteiger partial charge in [0.1, 0.15) is 5.69 Å². The number of hydrogen-bond donors (Lipinski definition) is 2. The number of carbonyl (C=O) groups is 2. The number of hydrogen-bond acceptors (Lipinski definition) is 4. The molecule has 2 unspecified atom stereocenters. The van der Waals surface area contributed by atoms with E-state index in [9.17, 15) is 9.59 Å². The van der Waals surface area contributed by atoms with E-state index < -0.39 is 5.97 Å². The second-order valence-corrected chi connectivity index (χ2v) is 5.83. The highest BCUT2D eigenvalue weighted by atomic mass is 16.5. The molecule has 0 saturated carbocycles. The van der Waals surface area contributed by atoms with Gasteiger partial charge >= 0.3 is 5.97 Å². The molecule has 0 aliphatic carbocycles. The van der Waals surface area contributed by atoms with Crippen LogP contribution in [0, 0.1) is 13.8 Å². The summed E-state index contributed by atoms with van der Waals surface area (Å²) in [6, 6.07) is 0. The van der Waals surface area contributed by atoms with Gasteiger partial charge in [0.15, 0.2) is 0 Å². The third-order valence-electron chi connectivity index (χ3n) is 4.11. The first kappa shape index (κ1) is 16.5. The van der Waals surface area contributed by atoms with Crippen molar-refractivity contribution >= 4 is 11.9 Å². The number of ether oxygens (including phenoxy) is 2. The van der Waals surface area contributed by atoms with Crippen molar-refractivity contribution in [3.05, 3.63) is 22.5 Å². The molecule has 0 aromatic carbocycles. The van der Waals surface area contributed by atoms with Crippen molar-refractivity contribution in [2.24, 2.45) is 0 Å². The summed E-state index contributed by atoms with van der Waals surface area (Å²) in [4.78, 5) is 27.0. The lowest BCUT2D eigenvalue weighted by Gasteiger charge is -2.27. The van der Waals surface area contributed by atoms with Crippen LogP contribution < -0.4 is 5.32 Å². The molecule has 6 nitrogen and oxygen atoms in total. The van der Waals surface area contributed by atoms with E-state index in [4.69, 9.17) is 9.47 Å². The van der Waals surface area contributed by atoms with E-state index in [1.54, 1.807) is 13.8 Å². The largest absolute Gasteiger partial charge is 0.464 e. The first-order valence-electron chi connectivity index (χ1n) is 7.65. The van der Waals surface area contributed by atoms with Gasteiger partial charge in [-0.1, -0.05) is 0 Å². The number of rotatable bonds is 4. The summed E-state index contributed by atoms with van der Waals surface area (Å²) in [5.41, 5.74) is 2.10. The molecule has 2 N–H and O–H groups in total. The Morgan fingerprint density at radius 1 is 1.36 bits per heavy atom. The van der Waals surface area contributed by atoms with Crippen LogP contribution in [0.5, 0.6) is 0 Å². The zero-order valence-electron chi connectivity index (χ0n) is 13.6. The summed E-state index contributed by atoms with van der Waals surface area (Å²) in [5, 5.41) is 2.91. The van der Waals surface area contributed by atoms with Crippen LogP contribution >= 0.6 is 0 Å². The van der Waals surface area contributed by atoms with Gasteiger partial charge in [0.25, 0.3) is 5.91 Å². The summed E-state index contributed by atoms with van der Waals surface area (Å²) in [7, 11) is 1.32. The molecule has 1 aromatic heterocycles. The lowest BCUT2D eigenvalue weighted by Crippen LogP contribution is -2.37. The normalized spacial score (nSPS) is 21.5. The van der Waals surface area contributed by atoms with Crippen molar-refractivity contribution in [1.82, 2.24) is 10.3 Å². The number of aromatic nitrogens is 1. The highest BCUT2D eigenvalue weighted by Crippen LogP contribution is 2.20. The summed E-state index contributed by atoms with van der Waals surface area (Å²) in [5.74, 6) is -0.660. The number of carbonyl (C=O) groups excluding carboxylic acids is 2. The van der Waals surface area contributed by atoms with Gasteiger partial charge in [0.2, 0.25) is 0 Å². The number of methoxy groups -OCH3 is 1. The Balaban J connectivity index is 2.03. The standard InChI is InChI=1S/C16H24N2O4/c1-9-6-5-7-12(22-9)8-17-15(19)13-10(2)14(16(20)21-4)18-11(13)3/h9,12,18H,5-8H2,1-4H3,(H,17,19). The molecule has 1 aliphatic heterocycles. The van der Waals surface area contributed by atoms with Crippen molar-refractivity contribution in [2.75, 3.05) is 13.7 Å². The highest BCUT2D eigenvalue weighted by molar-refractivity contribution is 6.01. The maximum Gasteiger partial charge on any atom is 0.354 e. The number of esters is 1. The SMILES string of the molecule is COC(=O)c1[nH]c(C)c(C(=O)NCC2CCCC(C)O2)c1C. The molecule has 2 atom stereocenters. The van der Waals surface area contributed by atoms with Crippen LogP contribution in [-0.2, 0) is 9.47 Å². The fraction of sp³-hybridized carbons (Fsp3) is 0.625. The molecule has 0 bridgehead atoms. The minimum absolute atomic E-state index is 0.0623. The first-order valence-corrected chi connectivity index (χ1v) is 7.65. The molecule has 1 aliphatic rings. The molecule has 22 heavy (non-hydrogen) atoms. The van der Waals surface area contributed by atoms with E-state index in [1.165, 1.54) is 7.11 Å². The summed E-state index contributed by atoms with van der Waals surface area (Å²) in [6.45, 7) is 6.05. The first-order chi connectivity index (χ1) is 10.4. The van der Waals surface area contributed by atoms with Crippen LogP contribution in [0.15, 0.2) is 0 Å². The lowest BCUT2D eigenvalue weighted by molar-refractivity contribution is -0.0374. The summed E-state index contributed by atoms with van der Waals surface area (Å²) < 4.78 is 10.5. The van der Waals surface area contributed by atoms with Crippen LogP contribution in [-0.4, -0.2) is 42.7 Å². The van der Waals surface area contributed by atoms with E-state index in [1.807, 2.05) is 0 Å². The van der Waals surface area contributed by atoms with Gasteiger partial charge < -0.3 is 19.8 Å². The smallest absolute Gasteiger partial charge is 0.354 e. The monoisotopic (exact) mass is 308 g/mol. The molecule has 1 fully saturated rings. The molecule has 0 radical (unpaired) electrons. The van der Waals surface area contributed by atoms with Gasteiger partial charge in [0.05, 0.1) is 24.9 Å². The zero-order valence-corrected chi connectivity index (χ0v) is 13.6. The zero-order chi connectivity index (χ0) is 16.3. The Morgan fingerprint density at radius 3 is 2.73 bits per heavy atom. The van der Waals surface area contributed by atoms with Crippen molar-refractivity contribution in [2.45, 2.75) is 52.2 Å². The quantitative estimate of drug-likeness (QED) is 0.835. The Hall–Kier alpha value is -1.82. The fourth-order valence-corrected chi connectivity index (χ4v) is 2.94. The van der Waals surface area contributed by atoms with Crippen LogP contribution in [0.2, 0.25) is 0 Å². The maximum absolute atomic E-state index is 12.4. The van der Waals surface area contributed by atoms with Gasteiger partial charge in [-0.2, -0.15) is 0 Å². The van der Waals surface area contributed by atoms with Gasteiger partial charge in [-0.05, 0) is 45.6 Å².